The first-order valence-corrected chi connectivity index (χ1v) is 8.74. The Hall–Kier alpha value is -1.63. The van der Waals surface area contributed by atoms with Gasteiger partial charge in [0.1, 0.15) is 0 Å². The highest BCUT2D eigenvalue weighted by molar-refractivity contribution is 5.95. The maximum atomic E-state index is 12.1. The zero-order valence-electron chi connectivity index (χ0n) is 14.6. The predicted molar refractivity (Wildman–Crippen MR) is 102 cm³/mol. The van der Waals surface area contributed by atoms with Crippen LogP contribution >= 0.6 is 12.4 Å². The minimum atomic E-state index is -0.390. The van der Waals surface area contributed by atoms with Crippen LogP contribution in [0, 0.1) is 0 Å². The molecule has 0 heterocycles. The number of nitrogens with zero attached hydrogens (tertiary/aromatic N) is 1. The van der Waals surface area contributed by atoms with Crippen molar-refractivity contribution in [1.82, 2.24) is 15.5 Å². The zero-order chi connectivity index (χ0) is 17.2. The van der Waals surface area contributed by atoms with Gasteiger partial charge in [0.05, 0.1) is 6.54 Å². The number of hydrogen-bond donors (Lipinski definition) is 3. The summed E-state index contributed by atoms with van der Waals surface area (Å²) in [7, 11) is 0. The van der Waals surface area contributed by atoms with Crippen LogP contribution in [-0.4, -0.2) is 42.5 Å². The maximum absolute atomic E-state index is 12.1. The van der Waals surface area contributed by atoms with Crippen LogP contribution in [0.25, 0.3) is 0 Å². The number of nitrogens with two attached hydrogens (primary N) is 1. The van der Waals surface area contributed by atoms with E-state index in [1.165, 1.54) is 6.42 Å². The lowest BCUT2D eigenvalue weighted by Gasteiger charge is -2.24. The molecule has 0 radical (unpaired) electrons. The summed E-state index contributed by atoms with van der Waals surface area (Å²) in [6.45, 7) is 1.86. The Labute approximate surface area is 155 Å². The fraction of sp³-hybridized carbons (Fsp3) is 0.556. The Balaban J connectivity index is 0.00000312. The quantitative estimate of drug-likeness (QED) is 0.687. The molecule has 7 heteroatoms. The largest absolute Gasteiger partial charge is 0.335 e. The van der Waals surface area contributed by atoms with Gasteiger partial charge in [-0.3, -0.25) is 15.0 Å². The number of nitrogens with one attached hydrogen (secondary N) is 2. The SMILES string of the molecule is Cl.NCCN(CC(=O)NC(=O)NC1CCCCC1)Cc1ccccc1. The molecule has 1 aliphatic carbocycles. The monoisotopic (exact) mass is 368 g/mol. The summed E-state index contributed by atoms with van der Waals surface area (Å²) < 4.78 is 0. The highest BCUT2D eigenvalue weighted by atomic mass is 35.5. The minimum absolute atomic E-state index is 0. The van der Waals surface area contributed by atoms with Gasteiger partial charge >= 0.3 is 6.03 Å². The highest BCUT2D eigenvalue weighted by Gasteiger charge is 2.18. The molecule has 1 saturated carbocycles. The summed E-state index contributed by atoms with van der Waals surface area (Å²) in [5.74, 6) is -0.298. The van der Waals surface area contributed by atoms with Gasteiger partial charge in [-0.1, -0.05) is 49.6 Å². The number of urea groups is 1. The second-order valence-electron chi connectivity index (χ2n) is 6.34. The van der Waals surface area contributed by atoms with E-state index < -0.39 is 0 Å². The molecule has 140 valence electrons. The van der Waals surface area contributed by atoms with Crippen molar-refractivity contribution in [2.24, 2.45) is 5.73 Å². The van der Waals surface area contributed by atoms with Gasteiger partial charge in [-0.2, -0.15) is 0 Å². The number of rotatable bonds is 7. The third-order valence-electron chi connectivity index (χ3n) is 4.25. The van der Waals surface area contributed by atoms with Crippen LogP contribution in [0.2, 0.25) is 0 Å². The summed E-state index contributed by atoms with van der Waals surface area (Å²) in [4.78, 5) is 26.0. The third-order valence-corrected chi connectivity index (χ3v) is 4.25. The van der Waals surface area contributed by atoms with E-state index >= 15 is 0 Å². The highest BCUT2D eigenvalue weighted by Crippen LogP contribution is 2.17. The molecule has 1 aromatic rings. The molecular weight excluding hydrogens is 340 g/mol. The smallest absolute Gasteiger partial charge is 0.321 e. The molecule has 1 aliphatic rings. The topological polar surface area (TPSA) is 87.5 Å². The van der Waals surface area contributed by atoms with Crippen molar-refractivity contribution >= 4 is 24.3 Å². The molecule has 3 amide bonds. The Morgan fingerprint density at radius 1 is 1.12 bits per heavy atom. The fourth-order valence-electron chi connectivity index (χ4n) is 3.08. The van der Waals surface area contributed by atoms with Gasteiger partial charge in [-0.15, -0.1) is 12.4 Å². The molecule has 25 heavy (non-hydrogen) atoms. The van der Waals surface area contributed by atoms with Gasteiger partial charge in [-0.05, 0) is 18.4 Å². The third kappa shape index (κ3) is 8.34. The molecule has 0 atom stereocenters. The van der Waals surface area contributed by atoms with E-state index in [0.717, 1.165) is 31.2 Å². The van der Waals surface area contributed by atoms with E-state index in [4.69, 9.17) is 5.73 Å². The molecule has 4 N–H and O–H groups in total. The Kier molecular flexibility index (Phi) is 10.1. The second-order valence-corrected chi connectivity index (χ2v) is 6.34. The second kappa shape index (κ2) is 11.8. The fourth-order valence-corrected chi connectivity index (χ4v) is 3.08. The van der Waals surface area contributed by atoms with E-state index in [9.17, 15) is 9.59 Å². The lowest BCUT2D eigenvalue weighted by Crippen LogP contribution is -2.48. The van der Waals surface area contributed by atoms with E-state index in [0.29, 0.717) is 19.6 Å². The Morgan fingerprint density at radius 2 is 1.80 bits per heavy atom. The molecule has 0 saturated heterocycles. The van der Waals surface area contributed by atoms with Crippen LogP contribution in [0.3, 0.4) is 0 Å². The molecule has 0 bridgehead atoms. The van der Waals surface area contributed by atoms with Gasteiger partial charge in [0, 0.05) is 25.7 Å². The Morgan fingerprint density at radius 3 is 2.44 bits per heavy atom. The summed E-state index contributed by atoms with van der Waals surface area (Å²) in [5.41, 5.74) is 6.75. The van der Waals surface area contributed by atoms with Crippen LogP contribution in [0.15, 0.2) is 30.3 Å². The van der Waals surface area contributed by atoms with Gasteiger partial charge in [0.15, 0.2) is 0 Å². The molecule has 6 nitrogen and oxygen atoms in total. The van der Waals surface area contributed by atoms with Crippen molar-refractivity contribution in [1.29, 1.82) is 0 Å². The average molecular weight is 369 g/mol. The van der Waals surface area contributed by atoms with E-state index in [2.05, 4.69) is 10.6 Å². The molecule has 1 fully saturated rings. The molecule has 0 aromatic heterocycles. The molecular formula is C18H29ClN4O2. The van der Waals surface area contributed by atoms with Crippen LogP contribution in [0.5, 0.6) is 0 Å². The number of halogens is 1. The first kappa shape index (κ1) is 21.4. The van der Waals surface area contributed by atoms with Crippen LogP contribution in [0.1, 0.15) is 37.7 Å². The van der Waals surface area contributed by atoms with E-state index in [-0.39, 0.29) is 36.9 Å². The molecule has 1 aromatic carbocycles. The molecule has 0 unspecified atom stereocenters. The summed E-state index contributed by atoms with van der Waals surface area (Å²) >= 11 is 0. The van der Waals surface area contributed by atoms with E-state index in [1.807, 2.05) is 35.2 Å². The van der Waals surface area contributed by atoms with Gasteiger partial charge in [-0.25, -0.2) is 4.79 Å². The minimum Gasteiger partial charge on any atom is -0.335 e. The van der Waals surface area contributed by atoms with Gasteiger partial charge < -0.3 is 11.1 Å². The summed E-state index contributed by atoms with van der Waals surface area (Å²) in [5, 5.41) is 5.32. The first-order valence-electron chi connectivity index (χ1n) is 8.74. The number of carbonyl (C=O) groups is 2. The first-order chi connectivity index (χ1) is 11.7. The lowest BCUT2D eigenvalue weighted by atomic mass is 9.96. The van der Waals surface area contributed by atoms with Crippen LogP contribution < -0.4 is 16.4 Å². The number of benzene rings is 1. The van der Waals surface area contributed by atoms with Crippen molar-refractivity contribution in [2.75, 3.05) is 19.6 Å². The number of hydrogen-bond acceptors (Lipinski definition) is 4. The number of imide groups is 1. The van der Waals surface area contributed by atoms with Crippen molar-refractivity contribution < 1.29 is 9.59 Å². The predicted octanol–water partition coefficient (Wildman–Crippen LogP) is 2.03. The van der Waals surface area contributed by atoms with E-state index in [1.54, 1.807) is 0 Å². The number of carbonyl (C=O) groups excluding carboxylic acids is 2. The molecule has 0 spiro atoms. The Bertz CT molecular complexity index is 521. The van der Waals surface area contributed by atoms with Crippen LogP contribution in [0.4, 0.5) is 4.79 Å². The standard InChI is InChI=1S/C18H28N4O2.ClH/c19-11-12-22(13-15-7-3-1-4-8-15)14-17(23)21-18(24)20-16-9-5-2-6-10-16;/h1,3-4,7-8,16H,2,5-6,9-14,19H2,(H2,20,21,23,24);1H. The van der Waals surface area contributed by atoms with Crippen molar-refractivity contribution in [3.8, 4) is 0 Å². The van der Waals surface area contributed by atoms with Crippen molar-refractivity contribution in [3.05, 3.63) is 35.9 Å². The summed E-state index contributed by atoms with van der Waals surface area (Å²) in [6, 6.07) is 9.71. The maximum Gasteiger partial charge on any atom is 0.321 e. The lowest BCUT2D eigenvalue weighted by molar-refractivity contribution is -0.121. The normalized spacial score (nSPS) is 14.6. The van der Waals surface area contributed by atoms with Crippen molar-refractivity contribution in [2.45, 2.75) is 44.7 Å². The molecule has 0 aliphatic heterocycles. The van der Waals surface area contributed by atoms with Gasteiger partial charge in [0.25, 0.3) is 0 Å². The van der Waals surface area contributed by atoms with Gasteiger partial charge in [0.2, 0.25) is 5.91 Å². The van der Waals surface area contributed by atoms with Crippen LogP contribution in [-0.2, 0) is 11.3 Å². The van der Waals surface area contributed by atoms with Crippen molar-refractivity contribution in [3.63, 3.8) is 0 Å². The average Bonchev–Trinajstić information content (AvgIpc) is 2.56. The zero-order valence-corrected chi connectivity index (χ0v) is 15.4. The molecule has 2 rings (SSSR count). The number of amides is 3. The summed E-state index contributed by atoms with van der Waals surface area (Å²) in [6.07, 6.45) is 5.50.